The lowest BCUT2D eigenvalue weighted by Gasteiger charge is -2.65. The summed E-state index contributed by atoms with van der Waals surface area (Å²) in [7, 11) is 1.43. The standard InChI is InChI=1S/C37H58O10/c1-8-25-13-15-36(16-14-25)44-46-37(47-45-36)18-17-34(5)26(21-37)19-30(42-23(3)38)33-28-11-10-27(22(2)9-12-32(40)41-7)35(28,6)31(20-29(33)34)43-24(4)39/h22,25-31,33H,8-21H2,1-7H3/t22?,25?,26-,27-,28?,29?,30-,31+,33?,34+,35-,36?,37?/m1/s1. The Morgan fingerprint density at radius 1 is 0.830 bits per heavy atom. The van der Waals surface area contributed by atoms with Crippen LogP contribution in [0.25, 0.3) is 0 Å². The van der Waals surface area contributed by atoms with Crippen molar-refractivity contribution in [1.29, 1.82) is 0 Å². The highest BCUT2D eigenvalue weighted by Crippen LogP contribution is 2.70. The predicted molar refractivity (Wildman–Crippen MR) is 170 cm³/mol. The molecular weight excluding hydrogens is 604 g/mol. The number of methoxy groups -OCH3 is 1. The van der Waals surface area contributed by atoms with E-state index in [0.29, 0.717) is 38.0 Å². The SMILES string of the molecule is CCC1CCC2(CC1)OOC1(CC[C@]3(C)C4C[C@H](OC(C)=O)[C@@]5(C)C(CC[C@@H]5C(C)CCC(=O)OC)C4[C@H](OC(C)=O)C[C@@H]3C1)OO2. The molecule has 0 bridgehead atoms. The van der Waals surface area contributed by atoms with Crippen molar-refractivity contribution in [2.75, 3.05) is 7.11 Å². The first kappa shape index (κ1) is 35.1. The number of carbonyl (C=O) groups is 3. The van der Waals surface area contributed by atoms with Crippen LogP contribution < -0.4 is 0 Å². The maximum absolute atomic E-state index is 12.7. The fourth-order valence-electron chi connectivity index (χ4n) is 11.6. The summed E-state index contributed by atoms with van der Waals surface area (Å²) in [4.78, 5) is 61.9. The van der Waals surface area contributed by atoms with Crippen LogP contribution in [0, 0.1) is 52.3 Å². The minimum absolute atomic E-state index is 0.109. The van der Waals surface area contributed by atoms with E-state index in [1.807, 2.05) is 0 Å². The van der Waals surface area contributed by atoms with Gasteiger partial charge in [-0.05, 0) is 92.3 Å². The van der Waals surface area contributed by atoms with E-state index in [0.717, 1.165) is 57.8 Å². The maximum Gasteiger partial charge on any atom is 0.305 e. The Bertz CT molecular complexity index is 1170. The Balaban J connectivity index is 1.25. The topological polar surface area (TPSA) is 116 Å². The van der Waals surface area contributed by atoms with Gasteiger partial charge in [-0.25, -0.2) is 0 Å². The second-order valence-corrected chi connectivity index (χ2v) is 16.6. The van der Waals surface area contributed by atoms with Gasteiger partial charge in [0.2, 0.25) is 11.6 Å². The fraction of sp³-hybridized carbons (Fsp3) is 0.919. The summed E-state index contributed by atoms with van der Waals surface area (Å²) in [6.07, 6.45) is 10.7. The van der Waals surface area contributed by atoms with E-state index < -0.39 is 11.6 Å². The van der Waals surface area contributed by atoms with E-state index in [9.17, 15) is 14.4 Å². The first-order valence-corrected chi connectivity index (χ1v) is 18.4. The Morgan fingerprint density at radius 2 is 1.49 bits per heavy atom. The monoisotopic (exact) mass is 662 g/mol. The molecule has 5 aliphatic carbocycles. The van der Waals surface area contributed by atoms with Crippen molar-refractivity contribution < 1.29 is 48.1 Å². The highest BCUT2D eigenvalue weighted by molar-refractivity contribution is 5.69. The quantitative estimate of drug-likeness (QED) is 0.157. The molecule has 0 aromatic rings. The largest absolute Gasteiger partial charge is 0.469 e. The Hall–Kier alpha value is -1.75. The van der Waals surface area contributed by atoms with Gasteiger partial charge in [-0.2, -0.15) is 19.6 Å². The Labute approximate surface area is 280 Å². The summed E-state index contributed by atoms with van der Waals surface area (Å²) < 4.78 is 17.5. The molecule has 1 heterocycles. The highest BCUT2D eigenvalue weighted by atomic mass is 17.4. The molecule has 6 fully saturated rings. The molecule has 6 aliphatic rings. The Morgan fingerprint density at radius 3 is 2.11 bits per heavy atom. The molecule has 5 saturated carbocycles. The molecular formula is C37H58O10. The van der Waals surface area contributed by atoms with Gasteiger partial charge in [0.05, 0.1) is 7.11 Å². The van der Waals surface area contributed by atoms with Crippen LogP contribution in [-0.2, 0) is 48.1 Å². The van der Waals surface area contributed by atoms with E-state index in [2.05, 4.69) is 27.7 Å². The molecule has 1 aliphatic heterocycles. The van der Waals surface area contributed by atoms with Gasteiger partial charge in [-0.15, -0.1) is 0 Å². The lowest BCUT2D eigenvalue weighted by molar-refractivity contribution is -0.665. The van der Waals surface area contributed by atoms with Crippen molar-refractivity contribution in [1.82, 2.24) is 0 Å². The number of rotatable bonds is 7. The molecule has 10 heteroatoms. The zero-order valence-corrected chi connectivity index (χ0v) is 29.7. The van der Waals surface area contributed by atoms with Crippen LogP contribution in [0.2, 0.25) is 0 Å². The van der Waals surface area contributed by atoms with Crippen LogP contribution >= 0.6 is 0 Å². The predicted octanol–water partition coefficient (Wildman–Crippen LogP) is 7.22. The van der Waals surface area contributed by atoms with Crippen molar-refractivity contribution >= 4 is 17.9 Å². The zero-order valence-electron chi connectivity index (χ0n) is 29.7. The summed E-state index contributed by atoms with van der Waals surface area (Å²) in [6.45, 7) is 12.1. The van der Waals surface area contributed by atoms with Crippen molar-refractivity contribution in [3.05, 3.63) is 0 Å². The minimum Gasteiger partial charge on any atom is -0.469 e. The van der Waals surface area contributed by atoms with Gasteiger partial charge >= 0.3 is 17.9 Å². The summed E-state index contributed by atoms with van der Waals surface area (Å²) in [5.41, 5.74) is -0.413. The van der Waals surface area contributed by atoms with Crippen LogP contribution in [0.3, 0.4) is 0 Å². The van der Waals surface area contributed by atoms with Crippen molar-refractivity contribution in [3.8, 4) is 0 Å². The molecule has 0 amide bonds. The number of ether oxygens (including phenoxy) is 3. The highest BCUT2D eigenvalue weighted by Gasteiger charge is 2.69. The van der Waals surface area contributed by atoms with Gasteiger partial charge in [0.25, 0.3) is 0 Å². The molecule has 6 rings (SSSR count). The normalized spacial score (nSPS) is 46.5. The number of hydrogen-bond donors (Lipinski definition) is 0. The average molecular weight is 663 g/mol. The van der Waals surface area contributed by atoms with Crippen LogP contribution in [0.1, 0.15) is 131 Å². The third-order valence-electron chi connectivity index (χ3n) is 14.3. The molecule has 0 aromatic carbocycles. The van der Waals surface area contributed by atoms with Crippen molar-refractivity contribution in [3.63, 3.8) is 0 Å². The summed E-state index contributed by atoms with van der Waals surface area (Å²) in [5.74, 6) is -0.743. The Kier molecular flexibility index (Phi) is 9.84. The smallest absolute Gasteiger partial charge is 0.305 e. The van der Waals surface area contributed by atoms with Crippen molar-refractivity contribution in [2.45, 2.75) is 155 Å². The summed E-state index contributed by atoms with van der Waals surface area (Å²) in [6, 6.07) is 0. The number of esters is 3. The van der Waals surface area contributed by atoms with Gasteiger partial charge in [-0.3, -0.25) is 14.4 Å². The third kappa shape index (κ3) is 6.27. The molecule has 10 nitrogen and oxygen atoms in total. The number of fused-ring (bicyclic) bond motifs is 5. The fourth-order valence-corrected chi connectivity index (χ4v) is 11.6. The molecule has 2 spiro atoms. The second-order valence-electron chi connectivity index (χ2n) is 16.6. The summed E-state index contributed by atoms with van der Waals surface area (Å²) in [5, 5.41) is 0. The van der Waals surface area contributed by atoms with E-state index in [4.69, 9.17) is 33.8 Å². The molecule has 0 N–H and O–H groups in total. The van der Waals surface area contributed by atoms with E-state index in [-0.39, 0.29) is 76.5 Å². The van der Waals surface area contributed by atoms with Crippen molar-refractivity contribution in [2.24, 2.45) is 52.3 Å². The molecule has 4 unspecified atom stereocenters. The minimum atomic E-state index is -1.00. The van der Waals surface area contributed by atoms with Crippen LogP contribution in [0.5, 0.6) is 0 Å². The molecule has 10 atom stereocenters. The van der Waals surface area contributed by atoms with Gasteiger partial charge in [0, 0.05) is 57.3 Å². The van der Waals surface area contributed by atoms with Crippen LogP contribution in [-0.4, -0.2) is 48.8 Å². The first-order chi connectivity index (χ1) is 22.3. The average Bonchev–Trinajstić information content (AvgIpc) is 3.40. The number of hydrogen-bond acceptors (Lipinski definition) is 10. The molecule has 0 aromatic heterocycles. The molecule has 1 saturated heterocycles. The second kappa shape index (κ2) is 13.2. The summed E-state index contributed by atoms with van der Waals surface area (Å²) >= 11 is 0. The van der Waals surface area contributed by atoms with Gasteiger partial charge in [0.1, 0.15) is 12.2 Å². The first-order valence-electron chi connectivity index (χ1n) is 18.4. The van der Waals surface area contributed by atoms with Gasteiger partial charge in [-0.1, -0.05) is 34.1 Å². The third-order valence-corrected chi connectivity index (χ3v) is 14.3. The van der Waals surface area contributed by atoms with E-state index >= 15 is 0 Å². The van der Waals surface area contributed by atoms with Gasteiger partial charge < -0.3 is 14.2 Å². The molecule has 0 radical (unpaired) electrons. The molecule has 266 valence electrons. The van der Waals surface area contributed by atoms with E-state index in [1.165, 1.54) is 21.0 Å². The number of carbonyl (C=O) groups excluding carboxylic acids is 3. The van der Waals surface area contributed by atoms with Gasteiger partial charge in [0.15, 0.2) is 0 Å². The lowest BCUT2D eigenvalue weighted by Crippen LogP contribution is -2.65. The maximum atomic E-state index is 12.7. The van der Waals surface area contributed by atoms with E-state index in [1.54, 1.807) is 0 Å². The van der Waals surface area contributed by atoms with Crippen LogP contribution in [0.15, 0.2) is 0 Å². The lowest BCUT2D eigenvalue weighted by atomic mass is 9.42. The molecule has 47 heavy (non-hydrogen) atoms. The zero-order chi connectivity index (χ0) is 33.8. The van der Waals surface area contributed by atoms with Crippen LogP contribution in [0.4, 0.5) is 0 Å².